The van der Waals surface area contributed by atoms with Crippen LogP contribution in [0.25, 0.3) is 6.08 Å². The van der Waals surface area contributed by atoms with Gasteiger partial charge in [0.25, 0.3) is 0 Å². The summed E-state index contributed by atoms with van der Waals surface area (Å²) >= 11 is 3.53. The van der Waals surface area contributed by atoms with Gasteiger partial charge in [0.15, 0.2) is 0 Å². The Morgan fingerprint density at radius 1 is 1.13 bits per heavy atom. The van der Waals surface area contributed by atoms with Crippen LogP contribution in [-0.4, -0.2) is 31.6 Å². The zero-order valence-electron chi connectivity index (χ0n) is 16.8. The predicted molar refractivity (Wildman–Crippen MR) is 121 cm³/mol. The number of carbonyl (C=O) groups excluding carboxylic acids is 2. The third kappa shape index (κ3) is 4.65. The van der Waals surface area contributed by atoms with Crippen molar-refractivity contribution in [1.29, 1.82) is 0 Å². The van der Waals surface area contributed by atoms with Crippen molar-refractivity contribution in [3.05, 3.63) is 70.2 Å². The van der Waals surface area contributed by atoms with Crippen LogP contribution >= 0.6 is 15.9 Å². The van der Waals surface area contributed by atoms with Gasteiger partial charge < -0.3 is 15.0 Å². The molecule has 2 saturated heterocycles. The molecule has 2 fully saturated rings. The van der Waals surface area contributed by atoms with E-state index in [-0.39, 0.29) is 11.8 Å². The Labute approximate surface area is 185 Å². The zero-order valence-corrected chi connectivity index (χ0v) is 18.4. The number of halogens is 1. The van der Waals surface area contributed by atoms with Gasteiger partial charge in [0.05, 0.1) is 5.54 Å². The van der Waals surface area contributed by atoms with Crippen molar-refractivity contribution in [3.8, 4) is 0 Å². The van der Waals surface area contributed by atoms with Gasteiger partial charge in [-0.05, 0) is 60.7 Å². The molecule has 2 heterocycles. The van der Waals surface area contributed by atoms with E-state index in [1.807, 2.05) is 41.3 Å². The van der Waals surface area contributed by atoms with Gasteiger partial charge in [-0.3, -0.25) is 9.59 Å². The van der Waals surface area contributed by atoms with Crippen molar-refractivity contribution < 1.29 is 14.3 Å². The Morgan fingerprint density at radius 2 is 1.90 bits per heavy atom. The van der Waals surface area contributed by atoms with Crippen molar-refractivity contribution in [2.45, 2.75) is 31.2 Å². The van der Waals surface area contributed by atoms with E-state index in [0.717, 1.165) is 47.1 Å². The lowest BCUT2D eigenvalue weighted by atomic mass is 9.82. The maximum atomic E-state index is 12.8. The number of benzene rings is 2. The molecule has 0 radical (unpaired) electrons. The Kier molecular flexibility index (Phi) is 6.35. The number of rotatable bonds is 5. The number of hydrogen-bond donors (Lipinski definition) is 1. The van der Waals surface area contributed by atoms with Crippen molar-refractivity contribution in [1.82, 2.24) is 5.32 Å². The molecular weight excluding hydrogens is 444 g/mol. The van der Waals surface area contributed by atoms with Gasteiger partial charge in [-0.25, -0.2) is 0 Å². The second-order valence-electron chi connectivity index (χ2n) is 7.77. The molecule has 2 aromatic rings. The molecule has 156 valence electrons. The second-order valence-corrected chi connectivity index (χ2v) is 8.68. The first-order chi connectivity index (χ1) is 14.6. The minimum absolute atomic E-state index is 0.129. The summed E-state index contributed by atoms with van der Waals surface area (Å²) in [5.41, 5.74) is 2.49. The summed E-state index contributed by atoms with van der Waals surface area (Å²) in [7, 11) is 0. The monoisotopic (exact) mass is 468 g/mol. The van der Waals surface area contributed by atoms with Gasteiger partial charge in [-0.1, -0.05) is 40.2 Å². The van der Waals surface area contributed by atoms with Gasteiger partial charge in [0.1, 0.15) is 0 Å². The minimum atomic E-state index is -0.427. The van der Waals surface area contributed by atoms with E-state index in [2.05, 4.69) is 33.4 Å². The summed E-state index contributed by atoms with van der Waals surface area (Å²) < 4.78 is 6.53. The number of carbonyl (C=O) groups is 2. The summed E-state index contributed by atoms with van der Waals surface area (Å²) in [5.74, 6) is 0.0441. The van der Waals surface area contributed by atoms with Crippen LogP contribution < -0.4 is 10.2 Å². The average Bonchev–Trinajstić information content (AvgIpc) is 3.19. The highest BCUT2D eigenvalue weighted by molar-refractivity contribution is 9.10. The fourth-order valence-electron chi connectivity index (χ4n) is 4.13. The van der Waals surface area contributed by atoms with Crippen LogP contribution in [0, 0.1) is 0 Å². The Morgan fingerprint density at radius 3 is 2.57 bits per heavy atom. The third-order valence-corrected chi connectivity index (χ3v) is 6.28. The molecular formula is C24H25BrN2O3. The van der Waals surface area contributed by atoms with Gasteiger partial charge in [0, 0.05) is 42.4 Å². The first kappa shape index (κ1) is 20.8. The first-order valence-corrected chi connectivity index (χ1v) is 11.1. The van der Waals surface area contributed by atoms with Crippen LogP contribution in [0.3, 0.4) is 0 Å². The summed E-state index contributed by atoms with van der Waals surface area (Å²) in [4.78, 5) is 26.5. The summed E-state index contributed by atoms with van der Waals surface area (Å²) in [6.07, 6.45) is 6.38. The molecule has 0 atom stereocenters. The smallest absolute Gasteiger partial charge is 0.244 e. The number of anilines is 1. The highest BCUT2D eigenvalue weighted by Crippen LogP contribution is 2.33. The topological polar surface area (TPSA) is 58.6 Å². The van der Waals surface area contributed by atoms with E-state index >= 15 is 0 Å². The molecule has 5 nitrogen and oxygen atoms in total. The lowest BCUT2D eigenvalue weighted by Gasteiger charge is -2.38. The Hall–Kier alpha value is -2.44. The molecule has 0 aliphatic carbocycles. The fourth-order valence-corrected chi connectivity index (χ4v) is 4.53. The van der Waals surface area contributed by atoms with Crippen LogP contribution in [0.2, 0.25) is 0 Å². The van der Waals surface area contributed by atoms with E-state index < -0.39 is 5.54 Å². The molecule has 4 rings (SSSR count). The van der Waals surface area contributed by atoms with Gasteiger partial charge in [-0.15, -0.1) is 0 Å². The number of nitrogens with one attached hydrogen (secondary N) is 1. The van der Waals surface area contributed by atoms with E-state index in [9.17, 15) is 9.59 Å². The molecule has 2 aliphatic rings. The molecule has 0 bridgehead atoms. The fraction of sp³-hybridized carbons (Fsp3) is 0.333. The lowest BCUT2D eigenvalue weighted by molar-refractivity contribution is -0.120. The molecule has 1 N–H and O–H groups in total. The number of nitrogens with zero attached hydrogens (tertiary/aromatic N) is 1. The molecule has 0 spiro atoms. The maximum absolute atomic E-state index is 12.8. The highest BCUT2D eigenvalue weighted by atomic mass is 79.9. The van der Waals surface area contributed by atoms with Crippen LogP contribution in [0.1, 0.15) is 36.8 Å². The number of ether oxygens (including phenoxy) is 1. The molecule has 2 aromatic carbocycles. The Bertz CT molecular complexity index is 949. The van der Waals surface area contributed by atoms with Crippen LogP contribution in [0.4, 0.5) is 5.69 Å². The largest absolute Gasteiger partial charge is 0.381 e. The zero-order chi connectivity index (χ0) is 21.0. The van der Waals surface area contributed by atoms with Crippen molar-refractivity contribution in [2.75, 3.05) is 24.7 Å². The normalized spacial score (nSPS) is 18.7. The predicted octanol–water partition coefficient (Wildman–Crippen LogP) is 4.41. The van der Waals surface area contributed by atoms with E-state index in [1.165, 1.54) is 0 Å². The SMILES string of the molecule is O=C(/C=C/c1ccc(N2CCCC2=O)cc1)NC1(c2cccc(Br)c2)CCOCC1. The molecule has 0 aromatic heterocycles. The lowest BCUT2D eigenvalue weighted by Crippen LogP contribution is -2.49. The summed E-state index contributed by atoms with van der Waals surface area (Å²) in [6, 6.07) is 15.8. The van der Waals surface area contributed by atoms with Gasteiger partial charge in [0.2, 0.25) is 11.8 Å². The van der Waals surface area contributed by atoms with Crippen molar-refractivity contribution in [3.63, 3.8) is 0 Å². The minimum Gasteiger partial charge on any atom is -0.381 e. The standard InChI is InChI=1S/C24H25BrN2O3/c25-20-4-1-3-19(17-20)24(12-15-30-16-13-24)26-22(28)11-8-18-6-9-21(10-7-18)27-14-2-5-23(27)29/h1,3-4,6-11,17H,2,5,12-16H2,(H,26,28)/b11-8+. The summed E-state index contributed by atoms with van der Waals surface area (Å²) in [5, 5.41) is 3.23. The number of hydrogen-bond acceptors (Lipinski definition) is 3. The highest BCUT2D eigenvalue weighted by Gasteiger charge is 2.35. The van der Waals surface area contributed by atoms with Gasteiger partial charge in [-0.2, -0.15) is 0 Å². The second kappa shape index (κ2) is 9.14. The summed E-state index contributed by atoms with van der Waals surface area (Å²) in [6.45, 7) is 2.01. The van der Waals surface area contributed by atoms with E-state index in [1.54, 1.807) is 12.2 Å². The molecule has 6 heteroatoms. The van der Waals surface area contributed by atoms with Crippen molar-refractivity contribution >= 4 is 39.5 Å². The number of amides is 2. The first-order valence-electron chi connectivity index (χ1n) is 10.3. The molecule has 30 heavy (non-hydrogen) atoms. The van der Waals surface area contributed by atoms with Crippen LogP contribution in [0.5, 0.6) is 0 Å². The third-order valence-electron chi connectivity index (χ3n) is 5.79. The van der Waals surface area contributed by atoms with Crippen molar-refractivity contribution in [2.24, 2.45) is 0 Å². The van der Waals surface area contributed by atoms with Crippen LogP contribution in [0.15, 0.2) is 59.1 Å². The average molecular weight is 469 g/mol. The quantitative estimate of drug-likeness (QED) is 0.661. The maximum Gasteiger partial charge on any atom is 0.244 e. The molecule has 0 unspecified atom stereocenters. The molecule has 2 amide bonds. The van der Waals surface area contributed by atoms with Crippen LogP contribution in [-0.2, 0) is 19.9 Å². The van der Waals surface area contributed by atoms with E-state index in [0.29, 0.717) is 19.6 Å². The molecule has 0 saturated carbocycles. The van der Waals surface area contributed by atoms with E-state index in [4.69, 9.17) is 4.74 Å². The Balaban J connectivity index is 1.45. The molecule has 2 aliphatic heterocycles. The van der Waals surface area contributed by atoms with Gasteiger partial charge >= 0.3 is 0 Å².